The highest BCUT2D eigenvalue weighted by atomic mass is 79.9. The van der Waals surface area contributed by atoms with Gasteiger partial charge in [0.05, 0.1) is 10.8 Å². The number of hydrogen-bond donors (Lipinski definition) is 1. The molecule has 1 atom stereocenters. The topological polar surface area (TPSA) is 71.4 Å². The van der Waals surface area contributed by atoms with Crippen LogP contribution in [0.5, 0.6) is 0 Å². The van der Waals surface area contributed by atoms with Crippen LogP contribution in [0.2, 0.25) is 0 Å². The van der Waals surface area contributed by atoms with Crippen LogP contribution in [0.3, 0.4) is 0 Å². The molecule has 0 aliphatic rings. The second-order valence-corrected chi connectivity index (χ2v) is 7.47. The van der Waals surface area contributed by atoms with E-state index in [-0.39, 0.29) is 4.47 Å². The van der Waals surface area contributed by atoms with Gasteiger partial charge in [0.25, 0.3) is 0 Å². The van der Waals surface area contributed by atoms with Gasteiger partial charge in [0, 0.05) is 4.47 Å². The van der Waals surface area contributed by atoms with Crippen molar-refractivity contribution in [3.05, 3.63) is 28.0 Å². The van der Waals surface area contributed by atoms with Crippen molar-refractivity contribution in [2.45, 2.75) is 36.8 Å². The molecule has 7 heteroatoms. The zero-order valence-electron chi connectivity index (χ0n) is 10.5. The number of hydrogen-bond acceptors (Lipinski definition) is 3. The minimum absolute atomic E-state index is 0.216. The Morgan fingerprint density at radius 2 is 2.05 bits per heavy atom. The largest absolute Gasteiger partial charge is 0.478 e. The molecule has 0 aliphatic heterocycles. The molecule has 0 bridgehead atoms. The molecule has 0 saturated carbocycles. The summed E-state index contributed by atoms with van der Waals surface area (Å²) in [5, 5.41) is 8.11. The van der Waals surface area contributed by atoms with E-state index < -0.39 is 37.3 Å². The minimum atomic E-state index is -3.88. The van der Waals surface area contributed by atoms with E-state index in [1.165, 1.54) is 6.92 Å². The average Bonchev–Trinajstić information content (AvgIpc) is 2.31. The SMILES string of the molecule is CCCC(C)S(=O)(=O)c1cc(Br)cc(C(=O)O)c1F. The number of aromatic carboxylic acids is 1. The lowest BCUT2D eigenvalue weighted by molar-refractivity contribution is 0.0691. The van der Waals surface area contributed by atoms with Gasteiger partial charge in [-0.25, -0.2) is 17.6 Å². The van der Waals surface area contributed by atoms with Crippen LogP contribution in [0.25, 0.3) is 0 Å². The van der Waals surface area contributed by atoms with Crippen LogP contribution in [-0.4, -0.2) is 24.7 Å². The summed E-state index contributed by atoms with van der Waals surface area (Å²) in [6.45, 7) is 3.31. The number of benzene rings is 1. The number of halogens is 2. The maximum absolute atomic E-state index is 14.0. The number of carboxylic acids is 1. The van der Waals surface area contributed by atoms with E-state index in [0.717, 1.165) is 12.1 Å². The fourth-order valence-electron chi connectivity index (χ4n) is 1.71. The van der Waals surface area contributed by atoms with Gasteiger partial charge >= 0.3 is 5.97 Å². The first-order chi connectivity index (χ1) is 8.71. The molecular weight excluding hydrogens is 339 g/mol. The van der Waals surface area contributed by atoms with Gasteiger partial charge in [0.2, 0.25) is 0 Å². The van der Waals surface area contributed by atoms with Crippen LogP contribution < -0.4 is 0 Å². The molecule has 0 aliphatic carbocycles. The Balaban J connectivity index is 3.47. The average molecular weight is 353 g/mol. The van der Waals surface area contributed by atoms with Gasteiger partial charge in [-0.1, -0.05) is 29.3 Å². The molecule has 106 valence electrons. The summed E-state index contributed by atoms with van der Waals surface area (Å²) in [7, 11) is -3.88. The van der Waals surface area contributed by atoms with E-state index in [1.807, 2.05) is 6.92 Å². The maximum atomic E-state index is 14.0. The first-order valence-corrected chi connectivity index (χ1v) is 8.02. The molecule has 1 aromatic carbocycles. The van der Waals surface area contributed by atoms with Crippen molar-refractivity contribution in [2.75, 3.05) is 0 Å². The Hall–Kier alpha value is -0.950. The second kappa shape index (κ2) is 6.00. The fraction of sp³-hybridized carbons (Fsp3) is 0.417. The minimum Gasteiger partial charge on any atom is -0.478 e. The maximum Gasteiger partial charge on any atom is 0.338 e. The highest BCUT2D eigenvalue weighted by Gasteiger charge is 2.29. The Kier molecular flexibility index (Phi) is 5.09. The third-order valence-electron chi connectivity index (χ3n) is 2.77. The van der Waals surface area contributed by atoms with E-state index >= 15 is 0 Å². The molecule has 4 nitrogen and oxygen atoms in total. The standard InChI is InChI=1S/C12H14BrFO4S/c1-3-4-7(2)19(17,18)10-6-8(13)5-9(11(10)14)12(15)16/h5-7H,3-4H2,1-2H3,(H,15,16). The molecule has 0 heterocycles. The van der Waals surface area contributed by atoms with Crippen LogP contribution in [0, 0.1) is 5.82 Å². The van der Waals surface area contributed by atoms with E-state index in [9.17, 15) is 17.6 Å². The van der Waals surface area contributed by atoms with Crippen molar-refractivity contribution >= 4 is 31.7 Å². The van der Waals surface area contributed by atoms with Crippen LogP contribution in [0.4, 0.5) is 4.39 Å². The first kappa shape index (κ1) is 16.1. The normalized spacial score (nSPS) is 13.3. The smallest absolute Gasteiger partial charge is 0.338 e. The summed E-state index contributed by atoms with van der Waals surface area (Å²) in [5.74, 6) is -2.71. The van der Waals surface area contributed by atoms with Gasteiger partial charge in [0.1, 0.15) is 4.90 Å². The predicted octanol–water partition coefficient (Wildman–Crippen LogP) is 3.25. The molecule has 0 amide bonds. The van der Waals surface area contributed by atoms with Gasteiger partial charge in [-0.2, -0.15) is 0 Å². The lowest BCUT2D eigenvalue weighted by atomic mass is 10.2. The number of sulfone groups is 1. The lowest BCUT2D eigenvalue weighted by Gasteiger charge is -2.14. The number of rotatable bonds is 5. The lowest BCUT2D eigenvalue weighted by Crippen LogP contribution is -2.20. The van der Waals surface area contributed by atoms with E-state index in [2.05, 4.69) is 15.9 Å². The Labute approximate surface area is 119 Å². The Bertz CT molecular complexity index is 598. The molecule has 19 heavy (non-hydrogen) atoms. The van der Waals surface area contributed by atoms with Gasteiger partial charge in [-0.15, -0.1) is 0 Å². The molecule has 1 N–H and O–H groups in total. The van der Waals surface area contributed by atoms with E-state index in [4.69, 9.17) is 5.11 Å². The van der Waals surface area contributed by atoms with Crippen LogP contribution in [0.1, 0.15) is 37.0 Å². The third kappa shape index (κ3) is 3.33. The molecule has 0 aromatic heterocycles. The number of carboxylic acid groups (broad SMARTS) is 1. The Morgan fingerprint density at radius 3 is 2.53 bits per heavy atom. The van der Waals surface area contributed by atoms with Crippen molar-refractivity contribution in [3.8, 4) is 0 Å². The van der Waals surface area contributed by atoms with Gasteiger partial charge < -0.3 is 5.11 Å². The van der Waals surface area contributed by atoms with Crippen molar-refractivity contribution in [3.63, 3.8) is 0 Å². The molecule has 1 aromatic rings. The molecule has 0 radical (unpaired) electrons. The summed E-state index contributed by atoms with van der Waals surface area (Å²) in [4.78, 5) is 10.3. The summed E-state index contributed by atoms with van der Waals surface area (Å²) in [6.07, 6.45) is 1.03. The zero-order chi connectivity index (χ0) is 14.8. The molecular formula is C12H14BrFO4S. The second-order valence-electron chi connectivity index (χ2n) is 4.21. The summed E-state index contributed by atoms with van der Waals surface area (Å²) in [5.41, 5.74) is -0.656. The van der Waals surface area contributed by atoms with Crippen molar-refractivity contribution in [1.29, 1.82) is 0 Å². The van der Waals surface area contributed by atoms with Crippen LogP contribution in [0.15, 0.2) is 21.5 Å². The van der Waals surface area contributed by atoms with E-state index in [1.54, 1.807) is 0 Å². The van der Waals surface area contributed by atoms with Crippen molar-refractivity contribution < 1.29 is 22.7 Å². The zero-order valence-corrected chi connectivity index (χ0v) is 12.9. The van der Waals surface area contributed by atoms with Gasteiger partial charge in [-0.05, 0) is 25.5 Å². The summed E-state index contributed by atoms with van der Waals surface area (Å²) >= 11 is 3.00. The van der Waals surface area contributed by atoms with Crippen LogP contribution >= 0.6 is 15.9 Å². The molecule has 1 rings (SSSR count). The summed E-state index contributed by atoms with van der Waals surface area (Å²) in [6, 6.07) is 2.14. The Morgan fingerprint density at radius 1 is 1.47 bits per heavy atom. The quantitative estimate of drug-likeness (QED) is 0.882. The van der Waals surface area contributed by atoms with Gasteiger partial charge in [0.15, 0.2) is 15.7 Å². The molecule has 1 unspecified atom stereocenters. The number of carbonyl (C=O) groups is 1. The highest BCUT2D eigenvalue weighted by molar-refractivity contribution is 9.10. The predicted molar refractivity (Wildman–Crippen MR) is 72.6 cm³/mol. The summed E-state index contributed by atoms with van der Waals surface area (Å²) < 4.78 is 38.7. The highest BCUT2D eigenvalue weighted by Crippen LogP contribution is 2.28. The van der Waals surface area contributed by atoms with Gasteiger partial charge in [-0.3, -0.25) is 0 Å². The first-order valence-electron chi connectivity index (χ1n) is 5.68. The van der Waals surface area contributed by atoms with Crippen molar-refractivity contribution in [1.82, 2.24) is 0 Å². The molecule has 0 saturated heterocycles. The molecule has 0 fully saturated rings. The van der Waals surface area contributed by atoms with E-state index in [0.29, 0.717) is 12.8 Å². The monoisotopic (exact) mass is 352 g/mol. The molecule has 0 spiro atoms. The fourth-order valence-corrected chi connectivity index (χ4v) is 3.95. The third-order valence-corrected chi connectivity index (χ3v) is 5.43. The van der Waals surface area contributed by atoms with Crippen molar-refractivity contribution in [2.24, 2.45) is 0 Å². The van der Waals surface area contributed by atoms with Crippen LogP contribution in [-0.2, 0) is 9.84 Å².